The van der Waals surface area contributed by atoms with Crippen molar-refractivity contribution in [1.82, 2.24) is 5.32 Å². The molecule has 10 nitrogen and oxygen atoms in total. The number of hydrogen-bond acceptors (Lipinski definition) is 10. The lowest BCUT2D eigenvalue weighted by Crippen LogP contribution is -2.46. The van der Waals surface area contributed by atoms with Gasteiger partial charge in [-0.25, -0.2) is 10.1 Å². The molecule has 2 aromatic rings. The number of anilines is 1. The molecule has 0 bridgehead atoms. The first kappa shape index (κ1) is 27.8. The first-order valence-electron chi connectivity index (χ1n) is 13.2. The summed E-state index contributed by atoms with van der Waals surface area (Å²) in [5, 5.41) is 8.43. The zero-order valence-corrected chi connectivity index (χ0v) is 24.1. The monoisotopic (exact) mass is 573 g/mol. The van der Waals surface area contributed by atoms with Crippen LogP contribution in [0, 0.1) is 18.8 Å². The predicted octanol–water partition coefficient (Wildman–Crippen LogP) is 3.23. The van der Waals surface area contributed by atoms with Crippen molar-refractivity contribution >= 4 is 45.3 Å². The van der Waals surface area contributed by atoms with E-state index >= 15 is 0 Å². The van der Waals surface area contributed by atoms with Crippen molar-refractivity contribution in [2.24, 2.45) is 27.0 Å². The summed E-state index contributed by atoms with van der Waals surface area (Å²) >= 11 is 1.52. The summed E-state index contributed by atoms with van der Waals surface area (Å²) in [5.41, 5.74) is 3.64. The van der Waals surface area contributed by atoms with Crippen molar-refractivity contribution in [3.63, 3.8) is 0 Å². The lowest BCUT2D eigenvalue weighted by molar-refractivity contribution is 0.0946. The van der Waals surface area contributed by atoms with E-state index < -0.39 is 16.2 Å². The molecule has 0 amide bonds. The summed E-state index contributed by atoms with van der Waals surface area (Å²) in [7, 11) is -2.28. The van der Waals surface area contributed by atoms with E-state index in [4.69, 9.17) is 14.1 Å². The van der Waals surface area contributed by atoms with Crippen LogP contribution >= 0.6 is 11.3 Å². The van der Waals surface area contributed by atoms with Gasteiger partial charge in [0.25, 0.3) is 0 Å². The molecule has 4 atom stereocenters. The van der Waals surface area contributed by atoms with Gasteiger partial charge in [-0.05, 0) is 68.7 Å². The Kier molecular flexibility index (Phi) is 8.08. The highest BCUT2D eigenvalue weighted by Crippen LogP contribution is 2.35. The largest absolute Gasteiger partial charge is 0.497 e. The summed E-state index contributed by atoms with van der Waals surface area (Å²) in [6.07, 6.45) is 4.85. The van der Waals surface area contributed by atoms with Crippen LogP contribution in [0.5, 0.6) is 5.75 Å². The Balaban J connectivity index is 1.27. The fraction of sp³-hybridized carbons (Fsp3) is 0.519. The van der Waals surface area contributed by atoms with E-state index in [9.17, 15) is 13.2 Å². The number of ketones is 1. The number of methoxy groups -OCH3 is 1. The number of hydrogen-bond donors (Lipinski definition) is 2. The highest BCUT2D eigenvalue weighted by molar-refractivity contribution is 7.84. The summed E-state index contributed by atoms with van der Waals surface area (Å²) in [6.45, 7) is 5.73. The van der Waals surface area contributed by atoms with E-state index in [0.29, 0.717) is 17.1 Å². The second-order valence-electron chi connectivity index (χ2n) is 10.5. The quantitative estimate of drug-likeness (QED) is 0.440. The Bertz CT molecular complexity index is 1400. The van der Waals surface area contributed by atoms with Crippen LogP contribution in [-0.2, 0) is 27.5 Å². The van der Waals surface area contributed by atoms with Gasteiger partial charge in [-0.1, -0.05) is 6.07 Å². The van der Waals surface area contributed by atoms with Crippen LogP contribution in [0.2, 0.25) is 0 Å². The number of rotatable bonds is 9. The molecule has 39 heavy (non-hydrogen) atoms. The molecule has 1 aliphatic carbocycles. The topological polar surface area (TPSA) is 136 Å². The number of benzene rings is 1. The Hall–Kier alpha value is -2.80. The average molecular weight is 574 g/mol. The van der Waals surface area contributed by atoms with Gasteiger partial charge in [-0.2, -0.15) is 8.42 Å². The van der Waals surface area contributed by atoms with E-state index in [1.807, 2.05) is 19.1 Å². The molecule has 5 rings (SSSR count). The lowest BCUT2D eigenvalue weighted by Gasteiger charge is -2.27. The third-order valence-corrected chi connectivity index (χ3v) is 9.40. The van der Waals surface area contributed by atoms with Crippen molar-refractivity contribution < 1.29 is 22.1 Å². The average Bonchev–Trinajstić information content (AvgIpc) is 3.61. The van der Waals surface area contributed by atoms with Crippen molar-refractivity contribution in [3.05, 3.63) is 45.1 Å². The van der Waals surface area contributed by atoms with Crippen LogP contribution in [0.4, 0.5) is 5.69 Å². The lowest BCUT2D eigenvalue weighted by atomic mass is 9.92. The van der Waals surface area contributed by atoms with Crippen LogP contribution < -0.4 is 20.1 Å². The van der Waals surface area contributed by atoms with Gasteiger partial charge >= 0.3 is 10.3 Å². The number of nitrogens with two attached hydrogens (primary N) is 1. The van der Waals surface area contributed by atoms with Gasteiger partial charge in [-0.3, -0.25) is 14.0 Å². The van der Waals surface area contributed by atoms with Crippen molar-refractivity contribution in [2.75, 3.05) is 25.2 Å². The van der Waals surface area contributed by atoms with Gasteiger partial charge < -0.3 is 15.0 Å². The molecule has 0 saturated heterocycles. The smallest absolute Gasteiger partial charge is 0.333 e. The molecular formula is C27H35N5O5S2. The van der Waals surface area contributed by atoms with E-state index in [2.05, 4.69) is 39.3 Å². The number of nitrogens with one attached hydrogen (secondary N) is 1. The Morgan fingerprint density at radius 2 is 2.10 bits per heavy atom. The number of thiophene rings is 1. The molecule has 1 aromatic carbocycles. The molecule has 0 spiro atoms. The summed E-state index contributed by atoms with van der Waals surface area (Å²) in [4.78, 5) is 26.9. The number of Topliss-reactive ketones (excluding diaryl/α,β-unsaturated/α-hetero) is 1. The molecular weight excluding hydrogens is 538 g/mol. The van der Waals surface area contributed by atoms with Gasteiger partial charge in [0.05, 0.1) is 24.6 Å². The second-order valence-corrected chi connectivity index (χ2v) is 13.0. The van der Waals surface area contributed by atoms with Gasteiger partial charge in [0.1, 0.15) is 23.8 Å². The van der Waals surface area contributed by atoms with E-state index in [0.717, 1.165) is 48.5 Å². The van der Waals surface area contributed by atoms with E-state index in [1.165, 1.54) is 28.9 Å². The molecule has 12 heteroatoms. The molecule has 1 saturated carbocycles. The number of aliphatic imine (C=N–C) groups is 2. The number of amidine groups is 1. The molecule has 3 aliphatic rings. The summed E-state index contributed by atoms with van der Waals surface area (Å²) in [5.74, 6) is 1.05. The van der Waals surface area contributed by atoms with Crippen molar-refractivity contribution in [3.8, 4) is 5.75 Å². The predicted molar refractivity (Wildman–Crippen MR) is 153 cm³/mol. The zero-order chi connectivity index (χ0) is 27.7. The first-order valence-corrected chi connectivity index (χ1v) is 15.5. The van der Waals surface area contributed by atoms with Crippen LogP contribution in [0.3, 0.4) is 0 Å². The van der Waals surface area contributed by atoms with Crippen molar-refractivity contribution in [2.45, 2.75) is 58.2 Å². The molecule has 2 aliphatic heterocycles. The van der Waals surface area contributed by atoms with E-state index in [-0.39, 0.29) is 30.4 Å². The molecule has 3 unspecified atom stereocenters. The molecule has 3 heterocycles. The minimum absolute atomic E-state index is 0.0144. The van der Waals surface area contributed by atoms with Crippen LogP contribution in [0.1, 0.15) is 51.9 Å². The van der Waals surface area contributed by atoms with Gasteiger partial charge in [0.15, 0.2) is 5.78 Å². The number of nitrogens with zero attached hydrogens (tertiary/aromatic N) is 3. The number of carbonyl (C=O) groups is 1. The molecule has 1 aromatic heterocycles. The number of aryl methyl sites for hydroxylation is 1. The molecule has 3 N–H and O–H groups in total. The summed E-state index contributed by atoms with van der Waals surface area (Å²) < 4.78 is 32.5. The highest BCUT2D eigenvalue weighted by Gasteiger charge is 2.36. The van der Waals surface area contributed by atoms with E-state index in [1.54, 1.807) is 7.11 Å². The Morgan fingerprint density at radius 3 is 2.87 bits per heavy atom. The maximum Gasteiger partial charge on any atom is 0.333 e. The number of carbonyl (C=O) groups excluding carboxylic acids is 1. The van der Waals surface area contributed by atoms with Gasteiger partial charge in [-0.15, -0.1) is 11.3 Å². The summed E-state index contributed by atoms with van der Waals surface area (Å²) in [6, 6.07) is 8.06. The van der Waals surface area contributed by atoms with Crippen LogP contribution in [0.25, 0.3) is 0 Å². The van der Waals surface area contributed by atoms with Gasteiger partial charge in [0.2, 0.25) is 0 Å². The normalized spacial score (nSPS) is 24.5. The third-order valence-electron chi connectivity index (χ3n) is 7.83. The maximum atomic E-state index is 13.8. The Morgan fingerprint density at radius 1 is 1.28 bits per heavy atom. The van der Waals surface area contributed by atoms with Gasteiger partial charge in [0, 0.05) is 35.8 Å². The molecule has 210 valence electrons. The number of ether oxygens (including phenoxy) is 1. The fourth-order valence-electron chi connectivity index (χ4n) is 5.70. The van der Waals surface area contributed by atoms with Crippen LogP contribution in [0.15, 0.2) is 34.3 Å². The minimum Gasteiger partial charge on any atom is -0.497 e. The van der Waals surface area contributed by atoms with Crippen molar-refractivity contribution in [1.29, 1.82) is 0 Å². The van der Waals surface area contributed by atoms with Crippen LogP contribution in [-0.4, -0.2) is 58.7 Å². The highest BCUT2D eigenvalue weighted by atomic mass is 32.2. The molecule has 1 fully saturated rings. The minimum atomic E-state index is -3.96. The SMILES string of the molecule is COc1ccc2c(c1)N(Cc1cc(C(=O)C3C(N[C@H]4CCC(COS(N)(=O)=O)C4)=NC=NC3C)sc1C)CC2. The fourth-order valence-corrected chi connectivity index (χ4v) is 7.09. The Labute approximate surface area is 233 Å². The zero-order valence-electron chi connectivity index (χ0n) is 22.4. The molecule has 0 radical (unpaired) electrons. The third kappa shape index (κ3) is 6.34. The first-order chi connectivity index (χ1) is 18.6. The second kappa shape index (κ2) is 11.4. The number of fused-ring (bicyclic) bond motifs is 1. The maximum absolute atomic E-state index is 13.8. The standard InChI is InChI=1S/C27H35N5O5S2/c1-16-25(27(30-15-29-16)31-21-6-4-18(10-21)14-37-39(28,34)35)26(33)24-11-20(17(2)38-24)13-32-9-8-19-5-7-22(36-3)12-23(19)32/h5,7,11-12,15-16,18,21,25H,4,6,8-10,13-14H2,1-3H3,(H2,28,34,35)(H,29,30,31)/t16?,18?,21-,25?/m0/s1.